The normalized spacial score (nSPS) is 10.6. The lowest BCUT2D eigenvalue weighted by Crippen LogP contribution is -2.10. The lowest BCUT2D eigenvalue weighted by Gasteiger charge is -2.07. The number of ether oxygens (including phenoxy) is 2. The van der Waals surface area contributed by atoms with Gasteiger partial charge in [0.05, 0.1) is 6.61 Å². The van der Waals surface area contributed by atoms with Crippen LogP contribution in [0.1, 0.15) is 32.6 Å². The number of rotatable bonds is 5. The van der Waals surface area contributed by atoms with Crippen molar-refractivity contribution in [3.63, 3.8) is 0 Å². The Bertz CT molecular complexity index is 923. The first-order valence-electron chi connectivity index (χ1n) is 7.57. The minimum Gasteiger partial charge on any atom is -0.462 e. The van der Waals surface area contributed by atoms with Crippen LogP contribution in [0.4, 0.5) is 4.39 Å². The number of pyridine rings is 1. The Morgan fingerprint density at radius 2 is 1.96 bits per heavy atom. The van der Waals surface area contributed by atoms with Crippen LogP contribution in [-0.4, -0.2) is 23.5 Å². The number of benzene rings is 1. The number of nitrogens with zero attached hydrogens (tertiary/aromatic N) is 1. The largest absolute Gasteiger partial charge is 0.462 e. The molecule has 0 saturated heterocycles. The van der Waals surface area contributed by atoms with E-state index in [4.69, 9.17) is 9.47 Å². The molecule has 128 valence electrons. The molecule has 0 unspecified atom stereocenters. The maximum atomic E-state index is 14.3. The van der Waals surface area contributed by atoms with Gasteiger partial charge >= 0.3 is 11.9 Å². The molecular formula is C18H14FNO4S. The molecule has 0 saturated carbocycles. The zero-order chi connectivity index (χ0) is 17.8. The highest BCUT2D eigenvalue weighted by Gasteiger charge is 2.23. The third-order valence-electron chi connectivity index (χ3n) is 3.45. The first kappa shape index (κ1) is 17.0. The van der Waals surface area contributed by atoms with E-state index in [0.717, 1.165) is 11.3 Å². The Hall–Kier alpha value is -2.80. The van der Waals surface area contributed by atoms with Gasteiger partial charge in [-0.2, -0.15) is 0 Å². The summed E-state index contributed by atoms with van der Waals surface area (Å²) in [6.45, 7) is 1.64. The van der Waals surface area contributed by atoms with Crippen LogP contribution in [0.15, 0.2) is 42.6 Å². The molecule has 0 aliphatic carbocycles. The van der Waals surface area contributed by atoms with Crippen molar-refractivity contribution >= 4 is 33.4 Å². The highest BCUT2D eigenvalue weighted by Crippen LogP contribution is 2.34. The van der Waals surface area contributed by atoms with E-state index < -0.39 is 17.8 Å². The number of hydrogen-bond acceptors (Lipinski definition) is 6. The Kier molecular flexibility index (Phi) is 5.04. The molecule has 0 aliphatic rings. The van der Waals surface area contributed by atoms with Crippen LogP contribution < -0.4 is 0 Å². The Morgan fingerprint density at radius 3 is 2.68 bits per heavy atom. The van der Waals surface area contributed by atoms with Gasteiger partial charge in [0.2, 0.25) is 0 Å². The van der Waals surface area contributed by atoms with Crippen LogP contribution in [-0.2, 0) is 16.1 Å². The standard InChI is InChI=1S/C18H14FNO4S/c1-2-23-18(22)16-11(15-12(19)6-5-8-14(15)25-16)10-24-17(21)13-7-3-4-9-20-13/h3-9H,2,10H2,1H3. The number of carbonyl (C=O) groups is 2. The maximum Gasteiger partial charge on any atom is 0.357 e. The van der Waals surface area contributed by atoms with E-state index in [9.17, 15) is 14.0 Å². The third-order valence-corrected chi connectivity index (χ3v) is 4.62. The summed E-state index contributed by atoms with van der Waals surface area (Å²) < 4.78 is 25.1. The Labute approximate surface area is 147 Å². The molecule has 3 aromatic rings. The van der Waals surface area contributed by atoms with Crippen molar-refractivity contribution in [1.82, 2.24) is 4.98 Å². The predicted molar refractivity (Wildman–Crippen MR) is 91.1 cm³/mol. The number of thiophene rings is 1. The van der Waals surface area contributed by atoms with Crippen LogP contribution >= 0.6 is 11.3 Å². The van der Waals surface area contributed by atoms with Gasteiger partial charge in [0.15, 0.2) is 0 Å². The zero-order valence-corrected chi connectivity index (χ0v) is 14.1. The molecule has 3 rings (SSSR count). The van der Waals surface area contributed by atoms with Crippen molar-refractivity contribution in [2.75, 3.05) is 6.61 Å². The zero-order valence-electron chi connectivity index (χ0n) is 13.3. The quantitative estimate of drug-likeness (QED) is 0.645. The summed E-state index contributed by atoms with van der Waals surface area (Å²) in [4.78, 5) is 28.4. The van der Waals surface area contributed by atoms with Gasteiger partial charge in [-0.3, -0.25) is 0 Å². The number of fused-ring (bicyclic) bond motifs is 1. The third kappa shape index (κ3) is 3.51. The molecule has 0 aliphatic heterocycles. The van der Waals surface area contributed by atoms with E-state index in [1.54, 1.807) is 31.2 Å². The average molecular weight is 359 g/mol. The Morgan fingerprint density at radius 1 is 1.12 bits per heavy atom. The van der Waals surface area contributed by atoms with E-state index in [-0.39, 0.29) is 29.2 Å². The number of hydrogen-bond donors (Lipinski definition) is 0. The number of halogens is 1. The second-order valence-electron chi connectivity index (χ2n) is 5.03. The van der Waals surface area contributed by atoms with Crippen molar-refractivity contribution in [2.24, 2.45) is 0 Å². The van der Waals surface area contributed by atoms with Gasteiger partial charge in [0.1, 0.15) is 23.0 Å². The fraction of sp³-hybridized carbons (Fsp3) is 0.167. The van der Waals surface area contributed by atoms with Crippen molar-refractivity contribution in [1.29, 1.82) is 0 Å². The van der Waals surface area contributed by atoms with Crippen LogP contribution in [0.5, 0.6) is 0 Å². The summed E-state index contributed by atoms with van der Waals surface area (Å²) in [5.74, 6) is -1.69. The van der Waals surface area contributed by atoms with Gasteiger partial charge in [0, 0.05) is 21.8 Å². The average Bonchev–Trinajstić information content (AvgIpc) is 3.01. The molecule has 5 nitrogen and oxygen atoms in total. The van der Waals surface area contributed by atoms with Gasteiger partial charge < -0.3 is 9.47 Å². The van der Waals surface area contributed by atoms with Crippen LogP contribution in [0.3, 0.4) is 0 Å². The van der Waals surface area contributed by atoms with Crippen LogP contribution in [0.25, 0.3) is 10.1 Å². The minimum absolute atomic E-state index is 0.139. The second-order valence-corrected chi connectivity index (χ2v) is 6.09. The van der Waals surface area contributed by atoms with Crippen molar-refractivity contribution in [3.05, 3.63) is 64.5 Å². The van der Waals surface area contributed by atoms with Crippen LogP contribution in [0, 0.1) is 5.82 Å². The van der Waals surface area contributed by atoms with Gasteiger partial charge in [-0.1, -0.05) is 12.1 Å². The lowest BCUT2D eigenvalue weighted by molar-refractivity contribution is 0.0449. The highest BCUT2D eigenvalue weighted by molar-refractivity contribution is 7.21. The van der Waals surface area contributed by atoms with E-state index in [1.807, 2.05) is 0 Å². The number of carbonyl (C=O) groups excluding carboxylic acids is 2. The van der Waals surface area contributed by atoms with Gasteiger partial charge in [-0.15, -0.1) is 11.3 Å². The molecule has 0 atom stereocenters. The highest BCUT2D eigenvalue weighted by atomic mass is 32.1. The summed E-state index contributed by atoms with van der Waals surface area (Å²) in [6.07, 6.45) is 1.47. The molecule has 7 heteroatoms. The maximum absolute atomic E-state index is 14.3. The monoisotopic (exact) mass is 359 g/mol. The predicted octanol–water partition coefficient (Wildman–Crippen LogP) is 3.97. The smallest absolute Gasteiger partial charge is 0.357 e. The molecule has 0 radical (unpaired) electrons. The number of aromatic nitrogens is 1. The molecular weight excluding hydrogens is 345 g/mol. The Balaban J connectivity index is 1.94. The fourth-order valence-electron chi connectivity index (χ4n) is 2.36. The van der Waals surface area contributed by atoms with E-state index in [2.05, 4.69) is 4.98 Å². The molecule has 0 amide bonds. The SMILES string of the molecule is CCOC(=O)c1sc2cccc(F)c2c1COC(=O)c1ccccn1. The van der Waals surface area contributed by atoms with Crippen LogP contribution in [0.2, 0.25) is 0 Å². The van der Waals surface area contributed by atoms with E-state index >= 15 is 0 Å². The topological polar surface area (TPSA) is 65.5 Å². The molecule has 2 heterocycles. The van der Waals surface area contributed by atoms with E-state index in [1.165, 1.54) is 18.3 Å². The molecule has 0 N–H and O–H groups in total. The van der Waals surface area contributed by atoms with Crippen molar-refractivity contribution in [2.45, 2.75) is 13.5 Å². The summed E-state index contributed by atoms with van der Waals surface area (Å²) in [6, 6.07) is 9.42. The van der Waals surface area contributed by atoms with Gasteiger partial charge in [-0.25, -0.2) is 19.0 Å². The van der Waals surface area contributed by atoms with E-state index in [0.29, 0.717) is 10.3 Å². The van der Waals surface area contributed by atoms with Gasteiger partial charge in [0.25, 0.3) is 0 Å². The summed E-state index contributed by atoms with van der Waals surface area (Å²) in [5, 5.41) is 0.268. The number of esters is 2. The second kappa shape index (κ2) is 7.40. The minimum atomic E-state index is -0.647. The molecule has 0 spiro atoms. The first-order valence-corrected chi connectivity index (χ1v) is 8.38. The summed E-state index contributed by atoms with van der Waals surface area (Å²) in [5.41, 5.74) is 0.445. The summed E-state index contributed by atoms with van der Waals surface area (Å²) >= 11 is 1.11. The molecule has 0 fully saturated rings. The fourth-order valence-corrected chi connectivity index (χ4v) is 3.48. The van der Waals surface area contributed by atoms with Crippen molar-refractivity contribution < 1.29 is 23.5 Å². The molecule has 0 bridgehead atoms. The molecule has 2 aromatic heterocycles. The summed E-state index contributed by atoms with van der Waals surface area (Å²) in [7, 11) is 0. The first-order chi connectivity index (χ1) is 12.1. The van der Waals surface area contributed by atoms with Gasteiger partial charge in [-0.05, 0) is 31.2 Å². The lowest BCUT2D eigenvalue weighted by atomic mass is 10.1. The molecule has 25 heavy (non-hydrogen) atoms. The van der Waals surface area contributed by atoms with Crippen molar-refractivity contribution in [3.8, 4) is 0 Å². The molecule has 1 aromatic carbocycles.